The first-order chi connectivity index (χ1) is 18.0. The molecular formula is C28H26N2O6S2. The minimum Gasteiger partial charge on any atom is -0.497 e. The Hall–Kier alpha value is -4.15. The van der Waals surface area contributed by atoms with Crippen molar-refractivity contribution in [3.05, 3.63) is 108 Å². The van der Waals surface area contributed by atoms with Crippen LogP contribution in [-0.4, -0.2) is 29.9 Å². The van der Waals surface area contributed by atoms with Gasteiger partial charge in [-0.15, -0.1) is 0 Å². The summed E-state index contributed by atoms with van der Waals surface area (Å²) in [4.78, 5) is 12.4. The van der Waals surface area contributed by atoms with Gasteiger partial charge in [0.25, 0.3) is 15.9 Å². The first-order valence-corrected chi connectivity index (χ1v) is 14.5. The molecule has 8 nitrogen and oxygen atoms in total. The maximum absolute atomic E-state index is 13.7. The molecule has 0 bridgehead atoms. The van der Waals surface area contributed by atoms with Gasteiger partial charge in [-0.3, -0.25) is 9.52 Å². The highest BCUT2D eigenvalue weighted by Gasteiger charge is 2.26. The van der Waals surface area contributed by atoms with Gasteiger partial charge in [0.15, 0.2) is 0 Å². The highest BCUT2D eigenvalue weighted by Crippen LogP contribution is 2.33. The zero-order chi connectivity index (χ0) is 27.5. The first kappa shape index (κ1) is 26.9. The summed E-state index contributed by atoms with van der Waals surface area (Å²) in [7, 11) is -6.87. The van der Waals surface area contributed by atoms with Crippen LogP contribution in [0.2, 0.25) is 0 Å². The van der Waals surface area contributed by atoms with Gasteiger partial charge < -0.3 is 10.1 Å². The van der Waals surface area contributed by atoms with E-state index in [1.54, 1.807) is 36.4 Å². The van der Waals surface area contributed by atoms with Crippen molar-refractivity contribution in [1.82, 2.24) is 0 Å². The Morgan fingerprint density at radius 2 is 1.26 bits per heavy atom. The number of nitrogens with one attached hydrogen (secondary N) is 2. The zero-order valence-corrected chi connectivity index (χ0v) is 22.6. The molecule has 0 saturated heterocycles. The maximum Gasteiger partial charge on any atom is 0.261 e. The Balaban J connectivity index is 1.77. The monoisotopic (exact) mass is 550 g/mol. The van der Waals surface area contributed by atoms with E-state index in [1.165, 1.54) is 61.7 Å². The van der Waals surface area contributed by atoms with Crippen LogP contribution in [0.3, 0.4) is 0 Å². The molecule has 0 radical (unpaired) electrons. The number of sulfone groups is 1. The second-order valence-electron chi connectivity index (χ2n) is 8.63. The SMILES string of the molecule is COc1ccc(S(=O)(=O)c2cc(NC(=O)c3ccc(C)cc3)ccc2NS(=O)(=O)c2ccc(C)cc2)cc1. The number of ether oxygens (including phenoxy) is 1. The lowest BCUT2D eigenvalue weighted by Gasteiger charge is -2.16. The molecule has 0 aromatic heterocycles. The average Bonchev–Trinajstić information content (AvgIpc) is 2.90. The molecule has 38 heavy (non-hydrogen) atoms. The van der Waals surface area contributed by atoms with Crippen LogP contribution in [0.5, 0.6) is 5.75 Å². The predicted molar refractivity (Wildman–Crippen MR) is 146 cm³/mol. The summed E-state index contributed by atoms with van der Waals surface area (Å²) in [5, 5.41) is 2.69. The lowest BCUT2D eigenvalue weighted by molar-refractivity contribution is 0.102. The standard InChI is InChI=1S/C28H26N2O6S2/c1-19-4-8-21(9-5-19)28(31)29-22-10-17-26(30-38(34,35)25-13-6-20(2)7-14-25)27(18-22)37(32,33)24-15-11-23(36-3)12-16-24/h4-18,30H,1-3H3,(H,29,31). The molecule has 196 valence electrons. The number of anilines is 2. The van der Waals surface area contributed by atoms with Crippen LogP contribution in [0.25, 0.3) is 0 Å². The molecule has 4 aromatic rings. The molecule has 10 heteroatoms. The third kappa shape index (κ3) is 5.87. The van der Waals surface area contributed by atoms with E-state index in [1.807, 2.05) is 13.8 Å². The molecule has 2 N–H and O–H groups in total. The summed E-state index contributed by atoms with van der Waals surface area (Å²) >= 11 is 0. The minimum absolute atomic E-state index is 0.0207. The number of methoxy groups -OCH3 is 1. The maximum atomic E-state index is 13.7. The van der Waals surface area contributed by atoms with Crippen molar-refractivity contribution in [2.45, 2.75) is 28.5 Å². The van der Waals surface area contributed by atoms with Gasteiger partial charge in [0.1, 0.15) is 5.75 Å². The van der Waals surface area contributed by atoms with Crippen LogP contribution in [0.1, 0.15) is 21.5 Å². The molecule has 0 heterocycles. The number of carbonyl (C=O) groups excluding carboxylic acids is 1. The number of rotatable bonds is 8. The second kappa shape index (κ2) is 10.7. The number of hydrogen-bond acceptors (Lipinski definition) is 6. The van der Waals surface area contributed by atoms with Crippen LogP contribution < -0.4 is 14.8 Å². The van der Waals surface area contributed by atoms with Gasteiger partial charge in [-0.05, 0) is 80.6 Å². The van der Waals surface area contributed by atoms with Crippen LogP contribution in [0.4, 0.5) is 11.4 Å². The summed E-state index contributed by atoms with van der Waals surface area (Å²) in [6.45, 7) is 3.72. The highest BCUT2D eigenvalue weighted by molar-refractivity contribution is 7.93. The van der Waals surface area contributed by atoms with E-state index >= 15 is 0 Å². The number of amides is 1. The van der Waals surface area contributed by atoms with E-state index in [0.717, 1.165) is 11.1 Å². The third-order valence-corrected chi connectivity index (χ3v) is 8.98. The van der Waals surface area contributed by atoms with Crippen molar-refractivity contribution in [3.63, 3.8) is 0 Å². The Kier molecular flexibility index (Phi) is 7.56. The molecule has 0 aliphatic rings. The van der Waals surface area contributed by atoms with E-state index in [2.05, 4.69) is 10.0 Å². The van der Waals surface area contributed by atoms with E-state index in [4.69, 9.17) is 4.74 Å². The molecule has 0 fully saturated rings. The molecule has 4 rings (SSSR count). The molecule has 0 spiro atoms. The topological polar surface area (TPSA) is 119 Å². The van der Waals surface area contributed by atoms with Gasteiger partial charge in [0, 0.05) is 11.3 Å². The molecular weight excluding hydrogens is 524 g/mol. The third-order valence-electron chi connectivity index (χ3n) is 5.79. The number of aryl methyl sites for hydroxylation is 2. The molecule has 4 aromatic carbocycles. The Morgan fingerprint density at radius 3 is 1.84 bits per heavy atom. The Bertz CT molecular complexity index is 1680. The molecule has 0 unspecified atom stereocenters. The van der Waals surface area contributed by atoms with Crippen molar-refractivity contribution in [2.24, 2.45) is 0 Å². The second-order valence-corrected chi connectivity index (χ2v) is 12.2. The summed E-state index contributed by atoms with van der Waals surface area (Å²) in [6, 6.07) is 22.8. The van der Waals surface area contributed by atoms with E-state index in [9.17, 15) is 21.6 Å². The van der Waals surface area contributed by atoms with Crippen molar-refractivity contribution < 1.29 is 26.4 Å². The van der Waals surface area contributed by atoms with Gasteiger partial charge >= 0.3 is 0 Å². The lowest BCUT2D eigenvalue weighted by Crippen LogP contribution is -2.17. The predicted octanol–water partition coefficient (Wildman–Crippen LogP) is 5.20. The van der Waals surface area contributed by atoms with Crippen molar-refractivity contribution in [1.29, 1.82) is 0 Å². The van der Waals surface area contributed by atoms with Gasteiger partial charge in [-0.25, -0.2) is 16.8 Å². The van der Waals surface area contributed by atoms with E-state index in [-0.39, 0.29) is 26.1 Å². The highest BCUT2D eigenvalue weighted by atomic mass is 32.2. The number of benzene rings is 4. The molecule has 0 aliphatic carbocycles. The summed E-state index contributed by atoms with van der Waals surface area (Å²) in [6.07, 6.45) is 0. The largest absolute Gasteiger partial charge is 0.497 e. The molecule has 0 saturated carbocycles. The smallest absolute Gasteiger partial charge is 0.261 e. The summed E-state index contributed by atoms with van der Waals surface area (Å²) in [5.41, 5.74) is 2.27. The normalized spacial score (nSPS) is 11.6. The van der Waals surface area contributed by atoms with Crippen LogP contribution in [-0.2, 0) is 19.9 Å². The van der Waals surface area contributed by atoms with E-state index in [0.29, 0.717) is 11.3 Å². The minimum atomic E-state index is -4.22. The van der Waals surface area contributed by atoms with Gasteiger partial charge in [-0.2, -0.15) is 0 Å². The van der Waals surface area contributed by atoms with Crippen LogP contribution in [0, 0.1) is 13.8 Å². The van der Waals surface area contributed by atoms with Gasteiger partial charge in [-0.1, -0.05) is 35.4 Å². The van der Waals surface area contributed by atoms with Crippen molar-refractivity contribution in [2.75, 3.05) is 17.1 Å². The van der Waals surface area contributed by atoms with Crippen LogP contribution >= 0.6 is 0 Å². The molecule has 0 atom stereocenters. The number of sulfonamides is 1. The van der Waals surface area contributed by atoms with Gasteiger partial charge in [0.05, 0.1) is 27.5 Å². The number of carbonyl (C=O) groups is 1. The fraction of sp³-hybridized carbons (Fsp3) is 0.107. The van der Waals surface area contributed by atoms with Crippen molar-refractivity contribution in [3.8, 4) is 5.75 Å². The lowest BCUT2D eigenvalue weighted by atomic mass is 10.1. The first-order valence-electron chi connectivity index (χ1n) is 11.5. The Labute approximate surface area is 222 Å². The molecule has 0 aliphatic heterocycles. The van der Waals surface area contributed by atoms with Gasteiger partial charge in [0.2, 0.25) is 9.84 Å². The molecule has 1 amide bonds. The quantitative estimate of drug-likeness (QED) is 0.311. The fourth-order valence-electron chi connectivity index (χ4n) is 3.62. The fourth-order valence-corrected chi connectivity index (χ4v) is 6.20. The number of hydrogen-bond donors (Lipinski definition) is 2. The van der Waals surface area contributed by atoms with Crippen molar-refractivity contribution >= 4 is 37.1 Å². The van der Waals surface area contributed by atoms with E-state index < -0.39 is 25.8 Å². The zero-order valence-electron chi connectivity index (χ0n) is 20.9. The Morgan fingerprint density at radius 1 is 0.711 bits per heavy atom. The van der Waals surface area contributed by atoms with Crippen LogP contribution in [0.15, 0.2) is 106 Å². The summed E-state index contributed by atoms with van der Waals surface area (Å²) in [5.74, 6) is 0.0224. The average molecular weight is 551 g/mol. The summed E-state index contributed by atoms with van der Waals surface area (Å²) < 4.78 is 61.1.